The predicted octanol–water partition coefficient (Wildman–Crippen LogP) is 2.81. The summed E-state index contributed by atoms with van der Waals surface area (Å²) in [5, 5.41) is 2.65. The highest BCUT2D eigenvalue weighted by molar-refractivity contribution is 7.92. The number of carbonyl (C=O) groups excluding carboxylic acids is 1. The van der Waals surface area contributed by atoms with E-state index in [-0.39, 0.29) is 16.4 Å². The number of sulfonamides is 1. The fourth-order valence-corrected chi connectivity index (χ4v) is 3.55. The van der Waals surface area contributed by atoms with Gasteiger partial charge in [-0.15, -0.1) is 0 Å². The van der Waals surface area contributed by atoms with Crippen molar-refractivity contribution in [1.29, 1.82) is 0 Å². The van der Waals surface area contributed by atoms with Crippen LogP contribution >= 0.6 is 0 Å². The molecule has 0 saturated carbocycles. The summed E-state index contributed by atoms with van der Waals surface area (Å²) < 4.78 is 33.2. The highest BCUT2D eigenvalue weighted by atomic mass is 32.2. The Morgan fingerprint density at radius 1 is 1.12 bits per heavy atom. The number of hydrogen-bond donors (Lipinski definition) is 2. The largest absolute Gasteiger partial charge is 0.496 e. The van der Waals surface area contributed by atoms with Crippen molar-refractivity contribution in [3.63, 3.8) is 0 Å². The molecule has 2 N–H and O–H groups in total. The highest BCUT2D eigenvalue weighted by Crippen LogP contribution is 2.25. The molecule has 0 aliphatic carbocycles. The third-order valence-electron chi connectivity index (χ3n) is 3.71. The first kappa shape index (κ1) is 18.8. The summed E-state index contributed by atoms with van der Waals surface area (Å²) in [5.41, 5.74) is 1.60. The Balaban J connectivity index is 2.42. The minimum absolute atomic E-state index is 0.000425. The molecule has 0 aromatic heterocycles. The molecular formula is C18H22N2O4S. The van der Waals surface area contributed by atoms with E-state index in [9.17, 15) is 13.2 Å². The van der Waals surface area contributed by atoms with Crippen LogP contribution in [0.2, 0.25) is 0 Å². The molecule has 25 heavy (non-hydrogen) atoms. The molecule has 2 aromatic rings. The summed E-state index contributed by atoms with van der Waals surface area (Å²) in [6.07, 6.45) is 0.700. The quantitative estimate of drug-likeness (QED) is 0.793. The highest BCUT2D eigenvalue weighted by Gasteiger charge is 2.20. The smallest absolute Gasteiger partial charge is 0.261 e. The number of nitrogens with one attached hydrogen (secondary N) is 2. The van der Waals surface area contributed by atoms with Crippen LogP contribution in [0.3, 0.4) is 0 Å². The van der Waals surface area contributed by atoms with Crippen LogP contribution in [0.4, 0.5) is 5.69 Å². The fourth-order valence-electron chi connectivity index (χ4n) is 2.42. The summed E-state index contributed by atoms with van der Waals surface area (Å²) in [5.74, 6) is -0.0655. The predicted molar refractivity (Wildman–Crippen MR) is 97.6 cm³/mol. The van der Waals surface area contributed by atoms with Gasteiger partial charge in [0.15, 0.2) is 0 Å². The molecule has 0 aliphatic rings. The van der Waals surface area contributed by atoms with Crippen molar-refractivity contribution in [3.05, 3.63) is 53.6 Å². The van der Waals surface area contributed by atoms with Gasteiger partial charge in [0.2, 0.25) is 0 Å². The molecule has 7 heteroatoms. The Labute approximate surface area is 148 Å². The summed E-state index contributed by atoms with van der Waals surface area (Å²) in [7, 11) is -2.39. The lowest BCUT2D eigenvalue weighted by Gasteiger charge is -2.14. The van der Waals surface area contributed by atoms with Gasteiger partial charge in [-0.05, 0) is 43.2 Å². The zero-order chi connectivity index (χ0) is 18.4. The summed E-state index contributed by atoms with van der Waals surface area (Å²) in [6.45, 7) is 4.17. The maximum Gasteiger partial charge on any atom is 0.261 e. The lowest BCUT2D eigenvalue weighted by atomic mass is 10.1. The lowest BCUT2D eigenvalue weighted by molar-refractivity contribution is 0.0952. The second kappa shape index (κ2) is 8.02. The van der Waals surface area contributed by atoms with Crippen molar-refractivity contribution in [2.75, 3.05) is 18.4 Å². The van der Waals surface area contributed by atoms with Gasteiger partial charge in [0.25, 0.3) is 15.9 Å². The van der Waals surface area contributed by atoms with Gasteiger partial charge < -0.3 is 10.1 Å². The number of para-hydroxylation sites is 1. The van der Waals surface area contributed by atoms with Gasteiger partial charge in [-0.2, -0.15) is 0 Å². The van der Waals surface area contributed by atoms with Crippen LogP contribution in [0.25, 0.3) is 0 Å². The molecule has 0 aliphatic heterocycles. The first-order valence-electron chi connectivity index (χ1n) is 7.99. The van der Waals surface area contributed by atoms with E-state index in [1.54, 1.807) is 19.1 Å². The second-order valence-corrected chi connectivity index (χ2v) is 7.02. The van der Waals surface area contributed by atoms with Crippen LogP contribution in [0.15, 0.2) is 47.4 Å². The molecule has 0 saturated heterocycles. The second-order valence-electron chi connectivity index (χ2n) is 5.34. The molecule has 0 unspecified atom stereocenters. The average Bonchev–Trinajstić information content (AvgIpc) is 2.61. The summed E-state index contributed by atoms with van der Waals surface area (Å²) in [4.78, 5) is 12.2. The van der Waals surface area contributed by atoms with E-state index < -0.39 is 10.0 Å². The van der Waals surface area contributed by atoms with Gasteiger partial charge in [-0.3, -0.25) is 9.52 Å². The monoisotopic (exact) mass is 362 g/mol. The van der Waals surface area contributed by atoms with Crippen LogP contribution in [0, 0.1) is 0 Å². The maximum atomic E-state index is 12.7. The third-order valence-corrected chi connectivity index (χ3v) is 5.07. The number of aryl methyl sites for hydroxylation is 1. The molecule has 2 rings (SSSR count). The summed E-state index contributed by atoms with van der Waals surface area (Å²) >= 11 is 0. The van der Waals surface area contributed by atoms with Crippen LogP contribution in [-0.2, 0) is 16.4 Å². The number of amides is 1. The Kier molecular flexibility index (Phi) is 6.03. The molecule has 0 bridgehead atoms. The number of methoxy groups -OCH3 is 1. The third kappa shape index (κ3) is 4.30. The van der Waals surface area contributed by atoms with Crippen molar-refractivity contribution in [2.45, 2.75) is 25.2 Å². The Hall–Kier alpha value is -2.54. The molecule has 1 amide bonds. The van der Waals surface area contributed by atoms with Gasteiger partial charge in [-0.1, -0.05) is 25.1 Å². The number of carbonyl (C=O) groups is 1. The normalized spacial score (nSPS) is 11.0. The van der Waals surface area contributed by atoms with Gasteiger partial charge in [-0.25, -0.2) is 8.42 Å². The van der Waals surface area contributed by atoms with E-state index in [0.29, 0.717) is 24.4 Å². The molecular weight excluding hydrogens is 340 g/mol. The van der Waals surface area contributed by atoms with Crippen LogP contribution in [-0.4, -0.2) is 28.0 Å². The fraction of sp³-hybridized carbons (Fsp3) is 0.278. The van der Waals surface area contributed by atoms with Crippen LogP contribution in [0.1, 0.15) is 29.8 Å². The molecule has 0 atom stereocenters. The van der Waals surface area contributed by atoms with Crippen molar-refractivity contribution >= 4 is 21.6 Å². The van der Waals surface area contributed by atoms with Gasteiger partial charge in [0, 0.05) is 6.54 Å². The number of benzene rings is 2. The molecule has 0 radical (unpaired) electrons. The van der Waals surface area contributed by atoms with Crippen molar-refractivity contribution < 1.29 is 17.9 Å². The van der Waals surface area contributed by atoms with E-state index in [2.05, 4.69) is 10.0 Å². The van der Waals surface area contributed by atoms with Crippen molar-refractivity contribution in [1.82, 2.24) is 5.32 Å². The molecule has 6 nitrogen and oxygen atoms in total. The standard InChI is InChI=1S/C18H22N2O4S/c1-4-13-8-6-7-9-16(13)20-25(22,23)14-10-11-17(24-3)15(12-14)18(21)19-5-2/h6-12,20H,4-5H2,1-3H3,(H,19,21). The Morgan fingerprint density at radius 2 is 1.84 bits per heavy atom. The topological polar surface area (TPSA) is 84.5 Å². The number of rotatable bonds is 7. The van der Waals surface area contributed by atoms with Crippen LogP contribution in [0.5, 0.6) is 5.75 Å². The van der Waals surface area contributed by atoms with E-state index >= 15 is 0 Å². The van der Waals surface area contributed by atoms with Crippen molar-refractivity contribution in [2.24, 2.45) is 0 Å². The van der Waals surface area contributed by atoms with Gasteiger partial charge in [0.05, 0.1) is 23.3 Å². The first-order valence-corrected chi connectivity index (χ1v) is 9.48. The van der Waals surface area contributed by atoms with Gasteiger partial charge in [0.1, 0.15) is 5.75 Å². The minimum Gasteiger partial charge on any atom is -0.496 e. The molecule has 134 valence electrons. The molecule has 0 heterocycles. The van der Waals surface area contributed by atoms with Crippen LogP contribution < -0.4 is 14.8 Å². The number of anilines is 1. The average molecular weight is 362 g/mol. The SMILES string of the molecule is CCNC(=O)c1cc(S(=O)(=O)Nc2ccccc2CC)ccc1OC. The maximum absolute atomic E-state index is 12.7. The lowest BCUT2D eigenvalue weighted by Crippen LogP contribution is -2.24. The Bertz CT molecular complexity index is 863. The first-order chi connectivity index (χ1) is 11.9. The molecule has 0 fully saturated rings. The van der Waals surface area contributed by atoms with E-state index in [1.165, 1.54) is 25.3 Å². The zero-order valence-electron chi connectivity index (χ0n) is 14.5. The molecule has 2 aromatic carbocycles. The number of ether oxygens (including phenoxy) is 1. The van der Waals surface area contributed by atoms with E-state index in [1.807, 2.05) is 19.1 Å². The minimum atomic E-state index is -3.83. The summed E-state index contributed by atoms with van der Waals surface area (Å²) in [6, 6.07) is 11.4. The van der Waals surface area contributed by atoms with Gasteiger partial charge >= 0.3 is 0 Å². The molecule has 0 spiro atoms. The number of hydrogen-bond acceptors (Lipinski definition) is 4. The van der Waals surface area contributed by atoms with Crippen molar-refractivity contribution in [3.8, 4) is 5.75 Å². The van der Waals surface area contributed by atoms with E-state index in [0.717, 1.165) is 5.56 Å². The Morgan fingerprint density at radius 3 is 2.48 bits per heavy atom. The zero-order valence-corrected chi connectivity index (χ0v) is 15.3. The van der Waals surface area contributed by atoms with E-state index in [4.69, 9.17) is 4.74 Å².